The normalized spacial score (nSPS) is 17.2. The first-order valence-corrected chi connectivity index (χ1v) is 10.5. The van der Waals surface area contributed by atoms with Gasteiger partial charge in [-0.05, 0) is 42.0 Å². The molecule has 1 N–H and O–H groups in total. The van der Waals surface area contributed by atoms with E-state index in [9.17, 15) is 14.0 Å². The molecule has 5 nitrogen and oxygen atoms in total. The quantitative estimate of drug-likeness (QED) is 0.725. The second kappa shape index (κ2) is 7.74. The Morgan fingerprint density at radius 3 is 2.93 bits per heavy atom. The summed E-state index contributed by atoms with van der Waals surface area (Å²) in [5.74, 6) is -0.462. The van der Waals surface area contributed by atoms with E-state index in [4.69, 9.17) is 0 Å². The fourth-order valence-electron chi connectivity index (χ4n) is 3.23. The van der Waals surface area contributed by atoms with Gasteiger partial charge in [0.1, 0.15) is 10.5 Å². The number of aromatic nitrogens is 1. The van der Waals surface area contributed by atoms with Crippen molar-refractivity contribution in [2.24, 2.45) is 5.92 Å². The molecule has 1 atom stereocenters. The molecule has 1 fully saturated rings. The maximum absolute atomic E-state index is 13.0. The number of amides is 1. The van der Waals surface area contributed by atoms with Crippen molar-refractivity contribution in [2.45, 2.75) is 19.4 Å². The summed E-state index contributed by atoms with van der Waals surface area (Å²) < 4.78 is 13.7. The van der Waals surface area contributed by atoms with Gasteiger partial charge in [-0.15, -0.1) is 11.3 Å². The smallest absolute Gasteiger partial charge is 0.255 e. The van der Waals surface area contributed by atoms with Crippen LogP contribution in [0.1, 0.15) is 18.4 Å². The zero-order valence-electron chi connectivity index (χ0n) is 14.5. The van der Waals surface area contributed by atoms with E-state index >= 15 is 0 Å². The molecule has 1 aliphatic heterocycles. The highest BCUT2D eigenvalue weighted by Gasteiger charge is 2.27. The molecule has 0 aliphatic carbocycles. The molecule has 0 unspecified atom stereocenters. The van der Waals surface area contributed by atoms with E-state index in [0.29, 0.717) is 22.9 Å². The monoisotopic (exact) mass is 403 g/mol. The van der Waals surface area contributed by atoms with E-state index in [1.165, 1.54) is 23.5 Å². The second-order valence-corrected chi connectivity index (χ2v) is 8.40. The Balaban J connectivity index is 1.43. The number of piperidine rings is 1. The number of nitrogens with one attached hydrogen (secondary N) is 1. The molecule has 1 amide bonds. The van der Waals surface area contributed by atoms with Crippen molar-refractivity contribution < 1.29 is 9.18 Å². The molecule has 1 saturated heterocycles. The van der Waals surface area contributed by atoms with Gasteiger partial charge in [-0.3, -0.25) is 9.59 Å². The lowest BCUT2D eigenvalue weighted by Gasteiger charge is -2.32. The van der Waals surface area contributed by atoms with E-state index in [1.807, 2.05) is 16.3 Å². The molecule has 2 aromatic heterocycles. The minimum Gasteiger partial charge on any atom is -0.352 e. The predicted octanol–water partition coefficient (Wildman–Crippen LogP) is 3.39. The average molecular weight is 404 g/mol. The molecule has 1 aromatic carbocycles. The van der Waals surface area contributed by atoms with Crippen molar-refractivity contribution in [1.82, 2.24) is 10.3 Å². The topological polar surface area (TPSA) is 62.3 Å². The van der Waals surface area contributed by atoms with Crippen molar-refractivity contribution in [1.29, 1.82) is 0 Å². The summed E-state index contributed by atoms with van der Waals surface area (Å²) in [6.07, 6.45) is 1.68. The van der Waals surface area contributed by atoms with Gasteiger partial charge in [0, 0.05) is 19.6 Å². The number of benzene rings is 1. The highest BCUT2D eigenvalue weighted by molar-refractivity contribution is 7.21. The molecule has 3 heterocycles. The number of fused-ring (bicyclic) bond motifs is 1. The number of nitrogens with zero attached hydrogens (tertiary/aromatic N) is 2. The molecule has 140 valence electrons. The Kier molecular flexibility index (Phi) is 5.18. The van der Waals surface area contributed by atoms with Gasteiger partial charge in [0.05, 0.1) is 11.4 Å². The maximum Gasteiger partial charge on any atom is 0.255 e. The first-order chi connectivity index (χ1) is 13.1. The predicted molar refractivity (Wildman–Crippen MR) is 107 cm³/mol. The Hall–Kier alpha value is -2.32. The van der Waals surface area contributed by atoms with Crippen molar-refractivity contribution in [3.63, 3.8) is 0 Å². The number of rotatable bonds is 4. The van der Waals surface area contributed by atoms with Crippen LogP contribution in [0.2, 0.25) is 0 Å². The third-order valence-electron chi connectivity index (χ3n) is 4.67. The van der Waals surface area contributed by atoms with Crippen molar-refractivity contribution in [2.75, 3.05) is 18.0 Å². The van der Waals surface area contributed by atoms with Gasteiger partial charge in [-0.25, -0.2) is 9.37 Å². The molecule has 0 radical (unpaired) electrons. The Morgan fingerprint density at radius 1 is 1.30 bits per heavy atom. The standard InChI is InChI=1S/C19H18FN3O2S2/c20-14-5-3-12(4-6-14)10-21-17(24)13-2-1-8-23(11-13)19-22-15-7-9-26-16(15)18(25)27-19/h3-7,9,13H,1-2,8,10-11H2,(H,21,24)/t13-/m1/s1. The van der Waals surface area contributed by atoms with Gasteiger partial charge >= 0.3 is 0 Å². The number of carbonyl (C=O) groups is 1. The molecular weight excluding hydrogens is 385 g/mol. The summed E-state index contributed by atoms with van der Waals surface area (Å²) in [6.45, 7) is 1.72. The van der Waals surface area contributed by atoms with Gasteiger partial charge in [-0.1, -0.05) is 23.5 Å². The Morgan fingerprint density at radius 2 is 2.11 bits per heavy atom. The summed E-state index contributed by atoms with van der Waals surface area (Å²) in [4.78, 5) is 31.5. The van der Waals surface area contributed by atoms with E-state index in [2.05, 4.69) is 10.3 Å². The SMILES string of the molecule is O=C(NCc1ccc(F)cc1)[C@@H]1CCCN(c2nc3ccsc3c(=O)s2)C1. The highest BCUT2D eigenvalue weighted by atomic mass is 32.1. The van der Waals surface area contributed by atoms with Crippen molar-refractivity contribution in [3.05, 3.63) is 56.6 Å². The molecular formula is C19H18FN3O2S2. The number of hydrogen-bond acceptors (Lipinski definition) is 6. The fraction of sp³-hybridized carbons (Fsp3) is 0.316. The van der Waals surface area contributed by atoms with Crippen LogP contribution in [-0.4, -0.2) is 24.0 Å². The summed E-state index contributed by atoms with van der Waals surface area (Å²) in [5.41, 5.74) is 1.59. The molecule has 0 bridgehead atoms. The van der Waals surface area contributed by atoms with Crippen LogP contribution in [-0.2, 0) is 11.3 Å². The van der Waals surface area contributed by atoms with Crippen LogP contribution in [0, 0.1) is 11.7 Å². The fourth-order valence-corrected chi connectivity index (χ4v) is 4.97. The first-order valence-electron chi connectivity index (χ1n) is 8.75. The zero-order valence-corrected chi connectivity index (χ0v) is 16.1. The lowest BCUT2D eigenvalue weighted by atomic mass is 9.97. The van der Waals surface area contributed by atoms with Gasteiger partial charge in [0.15, 0.2) is 5.13 Å². The van der Waals surface area contributed by atoms with E-state index < -0.39 is 0 Å². The van der Waals surface area contributed by atoms with E-state index in [-0.39, 0.29) is 22.4 Å². The molecule has 4 rings (SSSR count). The minimum atomic E-state index is -0.290. The molecule has 3 aromatic rings. The van der Waals surface area contributed by atoms with Crippen molar-refractivity contribution in [3.8, 4) is 0 Å². The number of halogens is 1. The summed E-state index contributed by atoms with van der Waals surface area (Å²) in [7, 11) is 0. The zero-order chi connectivity index (χ0) is 18.8. The van der Waals surface area contributed by atoms with Crippen LogP contribution in [0.25, 0.3) is 10.2 Å². The molecule has 27 heavy (non-hydrogen) atoms. The van der Waals surface area contributed by atoms with Gasteiger partial charge in [0.2, 0.25) is 5.91 Å². The maximum atomic E-state index is 13.0. The van der Waals surface area contributed by atoms with Gasteiger partial charge < -0.3 is 10.2 Å². The lowest BCUT2D eigenvalue weighted by Crippen LogP contribution is -2.43. The van der Waals surface area contributed by atoms with E-state index in [1.54, 1.807) is 12.1 Å². The van der Waals surface area contributed by atoms with Crippen LogP contribution in [0.5, 0.6) is 0 Å². The average Bonchev–Trinajstić information content (AvgIpc) is 3.17. The molecule has 0 saturated carbocycles. The summed E-state index contributed by atoms with van der Waals surface area (Å²) in [6, 6.07) is 7.96. The minimum absolute atomic E-state index is 0.0204. The van der Waals surface area contributed by atoms with Gasteiger partial charge in [0.25, 0.3) is 4.74 Å². The van der Waals surface area contributed by atoms with Crippen LogP contribution >= 0.6 is 22.7 Å². The number of hydrogen-bond donors (Lipinski definition) is 1. The number of thiophene rings is 1. The summed E-state index contributed by atoms with van der Waals surface area (Å²) >= 11 is 2.56. The Bertz CT molecular complexity index is 1020. The van der Waals surface area contributed by atoms with Crippen molar-refractivity contribution >= 4 is 43.9 Å². The third kappa shape index (κ3) is 4.01. The lowest BCUT2D eigenvalue weighted by molar-refractivity contribution is -0.125. The van der Waals surface area contributed by atoms with Crippen LogP contribution < -0.4 is 15.0 Å². The third-order valence-corrected chi connectivity index (χ3v) is 6.63. The molecule has 0 spiro atoms. The first kappa shape index (κ1) is 18.1. The van der Waals surface area contributed by atoms with Crippen LogP contribution in [0.15, 0.2) is 40.5 Å². The Labute approximate surface area is 163 Å². The van der Waals surface area contributed by atoms with Crippen LogP contribution in [0.4, 0.5) is 9.52 Å². The van der Waals surface area contributed by atoms with E-state index in [0.717, 1.165) is 41.8 Å². The summed E-state index contributed by atoms with van der Waals surface area (Å²) in [5, 5.41) is 5.49. The largest absolute Gasteiger partial charge is 0.352 e. The number of anilines is 1. The number of carbonyl (C=O) groups excluding carboxylic acids is 1. The second-order valence-electron chi connectivity index (χ2n) is 6.55. The molecule has 1 aliphatic rings. The highest BCUT2D eigenvalue weighted by Crippen LogP contribution is 2.26. The van der Waals surface area contributed by atoms with Crippen LogP contribution in [0.3, 0.4) is 0 Å². The molecule has 8 heteroatoms. The van der Waals surface area contributed by atoms with Gasteiger partial charge in [-0.2, -0.15) is 0 Å².